The summed E-state index contributed by atoms with van der Waals surface area (Å²) in [6, 6.07) is 5.55. The highest BCUT2D eigenvalue weighted by Gasteiger charge is 2.22. The van der Waals surface area contributed by atoms with Gasteiger partial charge in [0.1, 0.15) is 10.6 Å². The number of hydrogen-bond acceptors (Lipinski definition) is 6. The van der Waals surface area contributed by atoms with E-state index in [1.54, 1.807) is 35.2 Å². The molecule has 2 heterocycles. The number of hydrogen-bond donors (Lipinski definition) is 1. The van der Waals surface area contributed by atoms with Crippen LogP contribution in [0.15, 0.2) is 40.8 Å². The molecule has 0 saturated heterocycles. The monoisotopic (exact) mass is 455 g/mol. The van der Waals surface area contributed by atoms with E-state index < -0.39 is 0 Å². The highest BCUT2D eigenvalue weighted by Crippen LogP contribution is 2.34. The smallest absolute Gasteiger partial charge is 0.263 e. The van der Waals surface area contributed by atoms with Gasteiger partial charge in [-0.1, -0.05) is 23.9 Å². The molecule has 1 amide bonds. The van der Waals surface area contributed by atoms with E-state index in [9.17, 15) is 9.59 Å². The number of carbonyl (C=O) groups is 1. The SMILES string of the molecule is C=CCn1c(SCC(=O)Nc2cc(OC)ccc2C)nc2sc3c(c2c1=O)CCCC3. The van der Waals surface area contributed by atoms with E-state index in [1.165, 1.54) is 22.2 Å². The third-order valence-corrected chi connectivity index (χ3v) is 7.56. The van der Waals surface area contributed by atoms with Crippen molar-refractivity contribution in [2.75, 3.05) is 18.2 Å². The fourth-order valence-electron chi connectivity index (χ4n) is 3.80. The quantitative estimate of drug-likeness (QED) is 0.321. The van der Waals surface area contributed by atoms with E-state index in [2.05, 4.69) is 11.9 Å². The maximum atomic E-state index is 13.3. The van der Waals surface area contributed by atoms with Gasteiger partial charge in [0.2, 0.25) is 5.91 Å². The predicted molar refractivity (Wildman–Crippen MR) is 128 cm³/mol. The summed E-state index contributed by atoms with van der Waals surface area (Å²) in [6.45, 7) is 6.08. The van der Waals surface area contributed by atoms with Crippen LogP contribution in [0.5, 0.6) is 5.75 Å². The number of ether oxygens (including phenoxy) is 1. The third-order valence-electron chi connectivity index (χ3n) is 5.40. The van der Waals surface area contributed by atoms with Gasteiger partial charge in [-0.05, 0) is 49.8 Å². The molecule has 1 N–H and O–H groups in total. The standard InChI is InChI=1S/C23H25N3O3S2/c1-4-11-26-22(28)20-16-7-5-6-8-18(16)31-21(20)25-23(26)30-13-19(27)24-17-12-15(29-3)10-9-14(17)2/h4,9-10,12H,1,5-8,11,13H2,2-3H3,(H,24,27). The van der Waals surface area contributed by atoms with Crippen LogP contribution in [0, 0.1) is 6.92 Å². The van der Waals surface area contributed by atoms with Gasteiger partial charge in [-0.15, -0.1) is 17.9 Å². The van der Waals surface area contributed by atoms with Crippen molar-refractivity contribution in [2.24, 2.45) is 0 Å². The molecular formula is C23H25N3O3S2. The van der Waals surface area contributed by atoms with Crippen LogP contribution in [-0.4, -0.2) is 28.3 Å². The summed E-state index contributed by atoms with van der Waals surface area (Å²) < 4.78 is 6.87. The van der Waals surface area contributed by atoms with Gasteiger partial charge in [-0.2, -0.15) is 0 Å². The molecule has 8 heteroatoms. The number of aryl methyl sites for hydroxylation is 3. The van der Waals surface area contributed by atoms with Gasteiger partial charge < -0.3 is 10.1 Å². The molecule has 31 heavy (non-hydrogen) atoms. The normalized spacial score (nSPS) is 13.1. The number of allylic oxidation sites excluding steroid dienone is 1. The number of carbonyl (C=O) groups excluding carboxylic acids is 1. The van der Waals surface area contributed by atoms with Crippen molar-refractivity contribution in [3.05, 3.63) is 57.2 Å². The van der Waals surface area contributed by atoms with Crippen molar-refractivity contribution < 1.29 is 9.53 Å². The Morgan fingerprint density at radius 1 is 1.39 bits per heavy atom. The molecule has 0 fully saturated rings. The Hall–Kier alpha value is -2.58. The lowest BCUT2D eigenvalue weighted by Gasteiger charge is -2.13. The Morgan fingerprint density at radius 3 is 2.97 bits per heavy atom. The molecule has 0 saturated carbocycles. The van der Waals surface area contributed by atoms with Crippen molar-refractivity contribution in [1.82, 2.24) is 9.55 Å². The molecule has 0 unspecified atom stereocenters. The zero-order valence-corrected chi connectivity index (χ0v) is 19.3. The molecule has 1 aliphatic carbocycles. The van der Waals surface area contributed by atoms with Crippen molar-refractivity contribution >= 4 is 44.9 Å². The molecule has 3 aromatic rings. The maximum Gasteiger partial charge on any atom is 0.263 e. The molecule has 4 rings (SSSR count). The van der Waals surface area contributed by atoms with Gasteiger partial charge in [0, 0.05) is 23.2 Å². The third kappa shape index (κ3) is 4.41. The number of aromatic nitrogens is 2. The van der Waals surface area contributed by atoms with Crippen LogP contribution in [0.4, 0.5) is 5.69 Å². The Morgan fingerprint density at radius 2 is 2.19 bits per heavy atom. The highest BCUT2D eigenvalue weighted by atomic mass is 32.2. The number of nitrogens with one attached hydrogen (secondary N) is 1. The molecule has 1 aliphatic rings. The van der Waals surface area contributed by atoms with Crippen molar-refractivity contribution in [1.29, 1.82) is 0 Å². The highest BCUT2D eigenvalue weighted by molar-refractivity contribution is 7.99. The van der Waals surface area contributed by atoms with Crippen molar-refractivity contribution in [2.45, 2.75) is 44.3 Å². The van der Waals surface area contributed by atoms with Crippen LogP contribution in [0.1, 0.15) is 28.8 Å². The lowest BCUT2D eigenvalue weighted by atomic mass is 9.97. The Kier molecular flexibility index (Phi) is 6.48. The fraction of sp³-hybridized carbons (Fsp3) is 0.348. The molecule has 0 bridgehead atoms. The largest absolute Gasteiger partial charge is 0.497 e. The van der Waals surface area contributed by atoms with Gasteiger partial charge in [-0.25, -0.2) is 4.98 Å². The Labute approximate surface area is 189 Å². The summed E-state index contributed by atoms with van der Waals surface area (Å²) in [5, 5.41) is 4.23. The summed E-state index contributed by atoms with van der Waals surface area (Å²) in [6.07, 6.45) is 5.92. The molecule has 0 radical (unpaired) electrons. The number of rotatable bonds is 7. The molecule has 0 aliphatic heterocycles. The van der Waals surface area contributed by atoms with Crippen LogP contribution in [0.3, 0.4) is 0 Å². The number of methoxy groups -OCH3 is 1. The first-order chi connectivity index (χ1) is 15.0. The van der Waals surface area contributed by atoms with E-state index in [-0.39, 0.29) is 17.2 Å². The minimum atomic E-state index is -0.161. The minimum absolute atomic E-state index is 0.0316. The van der Waals surface area contributed by atoms with Crippen LogP contribution in [0.2, 0.25) is 0 Å². The fourth-order valence-corrected chi connectivity index (χ4v) is 5.91. The second-order valence-electron chi connectivity index (χ2n) is 7.51. The average Bonchev–Trinajstić information content (AvgIpc) is 3.14. The molecule has 1 aromatic carbocycles. The first-order valence-corrected chi connectivity index (χ1v) is 12.0. The van der Waals surface area contributed by atoms with Crippen LogP contribution in [0.25, 0.3) is 10.2 Å². The summed E-state index contributed by atoms with van der Waals surface area (Å²) >= 11 is 2.89. The molecule has 2 aromatic heterocycles. The first kappa shape index (κ1) is 21.6. The number of thioether (sulfide) groups is 1. The molecule has 0 spiro atoms. The molecule has 6 nitrogen and oxygen atoms in total. The first-order valence-electron chi connectivity index (χ1n) is 10.2. The molecule has 162 valence electrons. The van der Waals surface area contributed by atoms with Crippen LogP contribution in [-0.2, 0) is 24.2 Å². The van der Waals surface area contributed by atoms with Gasteiger partial charge in [-0.3, -0.25) is 14.2 Å². The average molecular weight is 456 g/mol. The summed E-state index contributed by atoms with van der Waals surface area (Å²) in [7, 11) is 1.59. The topological polar surface area (TPSA) is 73.2 Å². The Balaban J connectivity index is 1.59. The predicted octanol–water partition coefficient (Wildman–Crippen LogP) is 4.57. The van der Waals surface area contributed by atoms with Crippen molar-refractivity contribution in [3.8, 4) is 5.75 Å². The van der Waals surface area contributed by atoms with Gasteiger partial charge >= 0.3 is 0 Å². The van der Waals surface area contributed by atoms with Gasteiger partial charge in [0.15, 0.2) is 5.16 Å². The number of fused-ring (bicyclic) bond motifs is 3. The van der Waals surface area contributed by atoms with E-state index in [1.807, 2.05) is 19.1 Å². The van der Waals surface area contributed by atoms with E-state index in [0.29, 0.717) is 23.1 Å². The van der Waals surface area contributed by atoms with E-state index in [4.69, 9.17) is 9.72 Å². The Bertz CT molecular complexity index is 1210. The maximum absolute atomic E-state index is 13.3. The molecular weight excluding hydrogens is 430 g/mol. The summed E-state index contributed by atoms with van der Waals surface area (Å²) in [5.74, 6) is 0.671. The van der Waals surface area contributed by atoms with E-state index in [0.717, 1.165) is 41.5 Å². The van der Waals surface area contributed by atoms with Crippen molar-refractivity contribution in [3.63, 3.8) is 0 Å². The second-order valence-corrected chi connectivity index (χ2v) is 9.53. The van der Waals surface area contributed by atoms with Crippen LogP contribution >= 0.6 is 23.1 Å². The minimum Gasteiger partial charge on any atom is -0.497 e. The lowest BCUT2D eigenvalue weighted by molar-refractivity contribution is -0.113. The lowest BCUT2D eigenvalue weighted by Crippen LogP contribution is -2.24. The van der Waals surface area contributed by atoms with Gasteiger partial charge in [0.25, 0.3) is 5.56 Å². The molecule has 0 atom stereocenters. The van der Waals surface area contributed by atoms with Crippen LogP contribution < -0.4 is 15.6 Å². The number of anilines is 1. The zero-order chi connectivity index (χ0) is 22.0. The number of nitrogens with zero attached hydrogens (tertiary/aromatic N) is 2. The number of amides is 1. The van der Waals surface area contributed by atoms with Gasteiger partial charge in [0.05, 0.1) is 18.2 Å². The van der Waals surface area contributed by atoms with E-state index >= 15 is 0 Å². The summed E-state index contributed by atoms with van der Waals surface area (Å²) in [5.41, 5.74) is 2.80. The second kappa shape index (κ2) is 9.28. The summed E-state index contributed by atoms with van der Waals surface area (Å²) in [4.78, 5) is 32.7. The number of benzene rings is 1. The number of thiophene rings is 1. The zero-order valence-electron chi connectivity index (χ0n) is 17.7.